The Balaban J connectivity index is 2.01. The maximum absolute atomic E-state index is 11.7. The highest BCUT2D eigenvalue weighted by molar-refractivity contribution is 5.90. The highest BCUT2D eigenvalue weighted by Crippen LogP contribution is 2.09. The van der Waals surface area contributed by atoms with E-state index in [1.807, 2.05) is 30.3 Å². The van der Waals surface area contributed by atoms with Crippen molar-refractivity contribution in [3.05, 3.63) is 30.3 Å². The molecule has 5 heteroatoms. The summed E-state index contributed by atoms with van der Waals surface area (Å²) >= 11 is 0. The quantitative estimate of drug-likeness (QED) is 0.479. The van der Waals surface area contributed by atoms with Gasteiger partial charge in [0.1, 0.15) is 0 Å². The van der Waals surface area contributed by atoms with Gasteiger partial charge in [-0.05, 0) is 25.0 Å². The second kappa shape index (κ2) is 9.97. The van der Waals surface area contributed by atoms with E-state index < -0.39 is 0 Å². The summed E-state index contributed by atoms with van der Waals surface area (Å²) in [6.07, 6.45) is 4.69. The van der Waals surface area contributed by atoms with Gasteiger partial charge in [-0.15, -0.1) is 0 Å². The minimum atomic E-state index is 0.00863. The Labute approximate surface area is 120 Å². The standard InChI is InChI=1S/C15H23N3O2/c1-16-18-15(20)12-8-3-2-7-11-14(19)17-13-9-5-4-6-10-13/h4-6,9-10,16H,2-3,7-8,11-12H2,1H3,(H,17,19)(H,18,20). The number of para-hydroxylation sites is 1. The first kappa shape index (κ1) is 16.2. The number of carbonyl (C=O) groups excluding carboxylic acids is 2. The highest BCUT2D eigenvalue weighted by Gasteiger charge is 2.02. The van der Waals surface area contributed by atoms with E-state index in [9.17, 15) is 9.59 Å². The van der Waals surface area contributed by atoms with Crippen molar-refractivity contribution < 1.29 is 9.59 Å². The summed E-state index contributed by atoms with van der Waals surface area (Å²) in [5.41, 5.74) is 5.97. The number of unbranched alkanes of at least 4 members (excludes halogenated alkanes) is 3. The molecule has 0 aliphatic rings. The molecule has 2 amide bonds. The fourth-order valence-corrected chi connectivity index (χ4v) is 1.87. The van der Waals surface area contributed by atoms with Crippen molar-refractivity contribution in [2.75, 3.05) is 12.4 Å². The average molecular weight is 277 g/mol. The summed E-state index contributed by atoms with van der Waals surface area (Å²) in [6, 6.07) is 9.45. The van der Waals surface area contributed by atoms with Crippen LogP contribution in [0, 0.1) is 0 Å². The zero-order chi connectivity index (χ0) is 14.6. The Morgan fingerprint density at radius 3 is 2.10 bits per heavy atom. The summed E-state index contributed by atoms with van der Waals surface area (Å²) in [5.74, 6) is 0.0541. The molecule has 5 nitrogen and oxygen atoms in total. The van der Waals surface area contributed by atoms with E-state index >= 15 is 0 Å². The van der Waals surface area contributed by atoms with Crippen molar-refractivity contribution in [1.29, 1.82) is 0 Å². The molecule has 1 aromatic carbocycles. The second-order valence-electron chi connectivity index (χ2n) is 4.63. The summed E-state index contributed by atoms with van der Waals surface area (Å²) < 4.78 is 0. The first-order valence-electron chi connectivity index (χ1n) is 7.03. The molecule has 0 aromatic heterocycles. The predicted octanol–water partition coefficient (Wildman–Crippen LogP) is 2.22. The molecule has 0 bridgehead atoms. The maximum atomic E-state index is 11.7. The van der Waals surface area contributed by atoms with E-state index in [1.165, 1.54) is 0 Å². The molecule has 0 fully saturated rings. The number of carbonyl (C=O) groups is 2. The molecular formula is C15H23N3O2. The third-order valence-corrected chi connectivity index (χ3v) is 2.88. The Hall–Kier alpha value is -1.88. The van der Waals surface area contributed by atoms with Gasteiger partial charge in [0.25, 0.3) is 0 Å². The van der Waals surface area contributed by atoms with E-state index in [0.717, 1.165) is 31.4 Å². The largest absolute Gasteiger partial charge is 0.326 e. The first-order chi connectivity index (χ1) is 9.72. The van der Waals surface area contributed by atoms with Gasteiger partial charge in [0, 0.05) is 25.6 Å². The summed E-state index contributed by atoms with van der Waals surface area (Å²) in [6.45, 7) is 0. The lowest BCUT2D eigenvalue weighted by Crippen LogP contribution is -2.33. The van der Waals surface area contributed by atoms with Gasteiger partial charge in [0.2, 0.25) is 11.8 Å². The normalized spacial score (nSPS) is 10.1. The van der Waals surface area contributed by atoms with Crippen LogP contribution in [0.15, 0.2) is 30.3 Å². The van der Waals surface area contributed by atoms with E-state index in [-0.39, 0.29) is 11.8 Å². The lowest BCUT2D eigenvalue weighted by molar-refractivity contribution is -0.122. The number of hydrogen-bond donors (Lipinski definition) is 3. The number of hydrazine groups is 1. The minimum absolute atomic E-state index is 0.00863. The molecule has 1 rings (SSSR count). The Kier molecular flexibility index (Phi) is 8.07. The zero-order valence-electron chi connectivity index (χ0n) is 11.9. The van der Waals surface area contributed by atoms with Crippen LogP contribution in [-0.4, -0.2) is 18.9 Å². The van der Waals surface area contributed by atoms with Crippen LogP contribution in [0.2, 0.25) is 0 Å². The van der Waals surface area contributed by atoms with E-state index in [2.05, 4.69) is 16.2 Å². The summed E-state index contributed by atoms with van der Waals surface area (Å²) in [4.78, 5) is 22.8. The third kappa shape index (κ3) is 7.53. The monoisotopic (exact) mass is 277 g/mol. The number of amides is 2. The van der Waals surface area contributed by atoms with E-state index in [1.54, 1.807) is 7.05 Å². The second-order valence-corrected chi connectivity index (χ2v) is 4.63. The van der Waals surface area contributed by atoms with Gasteiger partial charge in [-0.2, -0.15) is 0 Å². The number of benzene rings is 1. The van der Waals surface area contributed by atoms with Crippen molar-refractivity contribution >= 4 is 17.5 Å². The van der Waals surface area contributed by atoms with Crippen molar-refractivity contribution in [2.24, 2.45) is 0 Å². The molecule has 0 radical (unpaired) electrons. The van der Waals surface area contributed by atoms with Gasteiger partial charge < -0.3 is 5.32 Å². The number of rotatable bonds is 9. The Morgan fingerprint density at radius 1 is 0.900 bits per heavy atom. The van der Waals surface area contributed by atoms with Gasteiger partial charge in [-0.3, -0.25) is 15.0 Å². The van der Waals surface area contributed by atoms with Crippen LogP contribution in [0.1, 0.15) is 38.5 Å². The van der Waals surface area contributed by atoms with Crippen molar-refractivity contribution in [3.8, 4) is 0 Å². The molecule has 0 unspecified atom stereocenters. The topological polar surface area (TPSA) is 70.2 Å². The number of anilines is 1. The SMILES string of the molecule is CNNC(=O)CCCCCCC(=O)Nc1ccccc1. The van der Waals surface area contributed by atoms with Gasteiger partial charge in [-0.25, -0.2) is 5.43 Å². The lowest BCUT2D eigenvalue weighted by Gasteiger charge is -2.05. The van der Waals surface area contributed by atoms with Crippen LogP contribution in [0.4, 0.5) is 5.69 Å². The molecule has 0 saturated heterocycles. The molecule has 0 aliphatic carbocycles. The minimum Gasteiger partial charge on any atom is -0.326 e. The van der Waals surface area contributed by atoms with Crippen molar-refractivity contribution in [3.63, 3.8) is 0 Å². The van der Waals surface area contributed by atoms with Crippen LogP contribution in [0.5, 0.6) is 0 Å². The molecule has 0 heterocycles. The summed E-state index contributed by atoms with van der Waals surface area (Å²) in [5, 5.41) is 2.86. The predicted molar refractivity (Wildman–Crippen MR) is 80.0 cm³/mol. The van der Waals surface area contributed by atoms with E-state index in [0.29, 0.717) is 12.8 Å². The molecule has 0 atom stereocenters. The Bertz CT molecular complexity index is 407. The van der Waals surface area contributed by atoms with E-state index in [4.69, 9.17) is 0 Å². The van der Waals surface area contributed by atoms with Crippen LogP contribution >= 0.6 is 0 Å². The van der Waals surface area contributed by atoms with Crippen LogP contribution in [-0.2, 0) is 9.59 Å². The third-order valence-electron chi connectivity index (χ3n) is 2.88. The number of nitrogens with one attached hydrogen (secondary N) is 3. The molecular weight excluding hydrogens is 254 g/mol. The van der Waals surface area contributed by atoms with Gasteiger partial charge in [0.05, 0.1) is 0 Å². The smallest absolute Gasteiger partial charge is 0.234 e. The van der Waals surface area contributed by atoms with Gasteiger partial charge in [-0.1, -0.05) is 31.0 Å². The average Bonchev–Trinajstić information content (AvgIpc) is 2.44. The Morgan fingerprint density at radius 2 is 1.50 bits per heavy atom. The highest BCUT2D eigenvalue weighted by atomic mass is 16.2. The fourth-order valence-electron chi connectivity index (χ4n) is 1.87. The molecule has 0 saturated carbocycles. The zero-order valence-corrected chi connectivity index (χ0v) is 11.9. The fraction of sp³-hybridized carbons (Fsp3) is 0.467. The van der Waals surface area contributed by atoms with Gasteiger partial charge in [0.15, 0.2) is 0 Å². The number of hydrogen-bond acceptors (Lipinski definition) is 3. The maximum Gasteiger partial charge on any atom is 0.234 e. The molecule has 20 heavy (non-hydrogen) atoms. The molecule has 0 aliphatic heterocycles. The van der Waals surface area contributed by atoms with Gasteiger partial charge >= 0.3 is 0 Å². The molecule has 1 aromatic rings. The molecule has 3 N–H and O–H groups in total. The van der Waals surface area contributed by atoms with Crippen molar-refractivity contribution in [2.45, 2.75) is 38.5 Å². The van der Waals surface area contributed by atoms with Crippen LogP contribution < -0.4 is 16.2 Å². The van der Waals surface area contributed by atoms with Crippen LogP contribution in [0.25, 0.3) is 0 Å². The molecule has 0 spiro atoms. The lowest BCUT2D eigenvalue weighted by atomic mass is 10.1. The molecule has 110 valence electrons. The van der Waals surface area contributed by atoms with Crippen LogP contribution in [0.3, 0.4) is 0 Å². The first-order valence-corrected chi connectivity index (χ1v) is 7.03. The summed E-state index contributed by atoms with van der Waals surface area (Å²) in [7, 11) is 1.67. The van der Waals surface area contributed by atoms with Crippen molar-refractivity contribution in [1.82, 2.24) is 10.9 Å².